The van der Waals surface area contributed by atoms with Crippen LogP contribution in [0.2, 0.25) is 0 Å². The van der Waals surface area contributed by atoms with Gasteiger partial charge in [0.1, 0.15) is 0 Å². The number of rotatable bonds is 4. The van der Waals surface area contributed by atoms with E-state index in [1.54, 1.807) is 0 Å². The Bertz CT molecular complexity index is 360. The molecule has 1 atom stereocenters. The molecular weight excluding hydrogens is 198 g/mol. The summed E-state index contributed by atoms with van der Waals surface area (Å²) in [4.78, 5) is 0. The highest BCUT2D eigenvalue weighted by Crippen LogP contribution is 2.24. The van der Waals surface area contributed by atoms with Gasteiger partial charge in [0.2, 0.25) is 0 Å². The molecule has 1 heterocycles. The summed E-state index contributed by atoms with van der Waals surface area (Å²) in [6.07, 6.45) is 1.16. The third-order valence-electron chi connectivity index (χ3n) is 3.32. The third-order valence-corrected chi connectivity index (χ3v) is 3.32. The van der Waals surface area contributed by atoms with E-state index in [0.29, 0.717) is 12.0 Å². The van der Waals surface area contributed by atoms with E-state index in [2.05, 4.69) is 44.3 Å². The molecule has 16 heavy (non-hydrogen) atoms. The van der Waals surface area contributed by atoms with E-state index in [1.807, 2.05) is 0 Å². The van der Waals surface area contributed by atoms with E-state index in [-0.39, 0.29) is 0 Å². The number of fused-ring (bicyclic) bond motifs is 1. The smallest absolute Gasteiger partial charge is 0.0725 e. The number of nitrogens with one attached hydrogen (secondary N) is 1. The van der Waals surface area contributed by atoms with E-state index < -0.39 is 0 Å². The largest absolute Gasteiger partial charge is 0.382 e. The van der Waals surface area contributed by atoms with Crippen molar-refractivity contribution in [1.29, 1.82) is 0 Å². The fraction of sp³-hybridized carbons (Fsp3) is 0.571. The molecule has 88 valence electrons. The van der Waals surface area contributed by atoms with Crippen molar-refractivity contribution in [1.82, 2.24) is 0 Å². The molecule has 0 radical (unpaired) electrons. The van der Waals surface area contributed by atoms with E-state index in [4.69, 9.17) is 4.74 Å². The van der Waals surface area contributed by atoms with Gasteiger partial charge >= 0.3 is 0 Å². The summed E-state index contributed by atoms with van der Waals surface area (Å²) in [5.74, 6) is 0.662. The lowest BCUT2D eigenvalue weighted by atomic mass is 10.0. The van der Waals surface area contributed by atoms with Crippen molar-refractivity contribution in [3.8, 4) is 0 Å². The van der Waals surface area contributed by atoms with Crippen LogP contribution in [-0.2, 0) is 18.0 Å². The SMILES string of the molecule is CCC(Nc1ccc2c(c1)COC2)C(C)C. The van der Waals surface area contributed by atoms with Crippen molar-refractivity contribution in [3.05, 3.63) is 29.3 Å². The van der Waals surface area contributed by atoms with Gasteiger partial charge in [-0.05, 0) is 35.6 Å². The monoisotopic (exact) mass is 219 g/mol. The van der Waals surface area contributed by atoms with Gasteiger partial charge in [-0.2, -0.15) is 0 Å². The van der Waals surface area contributed by atoms with Gasteiger partial charge in [0.15, 0.2) is 0 Å². The molecule has 1 N–H and O–H groups in total. The normalized spacial score (nSPS) is 16.2. The molecule has 1 aliphatic heterocycles. The van der Waals surface area contributed by atoms with Crippen molar-refractivity contribution in [2.45, 2.75) is 46.4 Å². The van der Waals surface area contributed by atoms with Crippen LogP contribution in [0.5, 0.6) is 0 Å². The molecule has 0 amide bonds. The molecule has 2 heteroatoms. The molecule has 0 fully saturated rings. The van der Waals surface area contributed by atoms with Crippen LogP contribution < -0.4 is 5.32 Å². The summed E-state index contributed by atoms with van der Waals surface area (Å²) in [5, 5.41) is 3.60. The van der Waals surface area contributed by atoms with Crippen LogP contribution >= 0.6 is 0 Å². The van der Waals surface area contributed by atoms with Crippen molar-refractivity contribution in [2.24, 2.45) is 5.92 Å². The van der Waals surface area contributed by atoms with Gasteiger partial charge in [-0.25, -0.2) is 0 Å². The number of hydrogen-bond donors (Lipinski definition) is 1. The first-order chi connectivity index (χ1) is 7.70. The molecule has 0 spiro atoms. The molecule has 1 aromatic carbocycles. The second kappa shape index (κ2) is 4.88. The van der Waals surface area contributed by atoms with Gasteiger partial charge < -0.3 is 10.1 Å². The quantitative estimate of drug-likeness (QED) is 0.836. The molecule has 1 aliphatic rings. The number of hydrogen-bond acceptors (Lipinski definition) is 2. The maximum absolute atomic E-state index is 5.42. The zero-order chi connectivity index (χ0) is 11.5. The molecule has 0 saturated heterocycles. The van der Waals surface area contributed by atoms with E-state index >= 15 is 0 Å². The van der Waals surface area contributed by atoms with Crippen LogP contribution in [0.4, 0.5) is 5.69 Å². The number of ether oxygens (including phenoxy) is 1. The van der Waals surface area contributed by atoms with Crippen molar-refractivity contribution < 1.29 is 4.74 Å². The topological polar surface area (TPSA) is 21.3 Å². The van der Waals surface area contributed by atoms with Gasteiger partial charge in [0, 0.05) is 11.7 Å². The average molecular weight is 219 g/mol. The van der Waals surface area contributed by atoms with Gasteiger partial charge in [-0.1, -0.05) is 26.8 Å². The summed E-state index contributed by atoms with van der Waals surface area (Å²) < 4.78 is 5.42. The molecule has 0 bridgehead atoms. The summed E-state index contributed by atoms with van der Waals surface area (Å²) in [7, 11) is 0. The van der Waals surface area contributed by atoms with E-state index in [9.17, 15) is 0 Å². The molecule has 0 saturated carbocycles. The van der Waals surface area contributed by atoms with E-state index in [1.165, 1.54) is 16.8 Å². The second-order valence-corrected chi connectivity index (χ2v) is 4.88. The Kier molecular flexibility index (Phi) is 3.49. The van der Waals surface area contributed by atoms with E-state index in [0.717, 1.165) is 19.6 Å². The Morgan fingerprint density at radius 1 is 1.25 bits per heavy atom. The maximum atomic E-state index is 5.42. The summed E-state index contributed by atoms with van der Waals surface area (Å²) in [6, 6.07) is 7.13. The second-order valence-electron chi connectivity index (χ2n) is 4.88. The Morgan fingerprint density at radius 3 is 2.69 bits per heavy atom. The minimum atomic E-state index is 0.556. The molecular formula is C14H21NO. The minimum absolute atomic E-state index is 0.556. The standard InChI is InChI=1S/C14H21NO/c1-4-14(10(2)3)15-13-6-5-11-8-16-9-12(11)7-13/h5-7,10,14-15H,4,8-9H2,1-3H3. The zero-order valence-electron chi connectivity index (χ0n) is 10.4. The molecule has 2 rings (SSSR count). The first kappa shape index (κ1) is 11.5. The number of anilines is 1. The molecule has 0 aliphatic carbocycles. The zero-order valence-corrected chi connectivity index (χ0v) is 10.4. The van der Waals surface area contributed by atoms with Gasteiger partial charge in [-0.3, -0.25) is 0 Å². The van der Waals surface area contributed by atoms with Crippen LogP contribution in [0.1, 0.15) is 38.3 Å². The minimum Gasteiger partial charge on any atom is -0.382 e. The lowest BCUT2D eigenvalue weighted by molar-refractivity contribution is 0.134. The van der Waals surface area contributed by atoms with Gasteiger partial charge in [0.25, 0.3) is 0 Å². The summed E-state index contributed by atoms with van der Waals surface area (Å²) >= 11 is 0. The molecule has 0 aromatic heterocycles. The lowest BCUT2D eigenvalue weighted by Crippen LogP contribution is -2.24. The summed E-state index contributed by atoms with van der Waals surface area (Å²) in [5.41, 5.74) is 3.90. The van der Waals surface area contributed by atoms with Crippen LogP contribution in [0, 0.1) is 5.92 Å². The first-order valence-electron chi connectivity index (χ1n) is 6.16. The van der Waals surface area contributed by atoms with Crippen molar-refractivity contribution in [2.75, 3.05) is 5.32 Å². The molecule has 1 unspecified atom stereocenters. The highest BCUT2D eigenvalue weighted by Gasteiger charge is 2.14. The fourth-order valence-electron chi connectivity index (χ4n) is 2.22. The van der Waals surface area contributed by atoms with Crippen molar-refractivity contribution >= 4 is 5.69 Å². The van der Waals surface area contributed by atoms with Gasteiger partial charge in [0.05, 0.1) is 13.2 Å². The lowest BCUT2D eigenvalue weighted by Gasteiger charge is -2.22. The molecule has 2 nitrogen and oxygen atoms in total. The predicted molar refractivity (Wildman–Crippen MR) is 67.5 cm³/mol. The predicted octanol–water partition coefficient (Wildman–Crippen LogP) is 3.56. The molecule has 1 aromatic rings. The highest BCUT2D eigenvalue weighted by atomic mass is 16.5. The Labute approximate surface area is 98.0 Å². The Morgan fingerprint density at radius 2 is 2.00 bits per heavy atom. The maximum Gasteiger partial charge on any atom is 0.0725 e. The van der Waals surface area contributed by atoms with Gasteiger partial charge in [-0.15, -0.1) is 0 Å². The first-order valence-corrected chi connectivity index (χ1v) is 6.16. The van der Waals surface area contributed by atoms with Crippen LogP contribution in [0.15, 0.2) is 18.2 Å². The van der Waals surface area contributed by atoms with Crippen LogP contribution in [0.25, 0.3) is 0 Å². The Hall–Kier alpha value is -1.02. The number of benzene rings is 1. The van der Waals surface area contributed by atoms with Crippen LogP contribution in [-0.4, -0.2) is 6.04 Å². The summed E-state index contributed by atoms with van der Waals surface area (Å²) in [6.45, 7) is 8.30. The highest BCUT2D eigenvalue weighted by molar-refractivity contribution is 5.50. The third kappa shape index (κ3) is 2.38. The Balaban J connectivity index is 2.10. The fourth-order valence-corrected chi connectivity index (χ4v) is 2.22. The average Bonchev–Trinajstić information content (AvgIpc) is 2.72. The van der Waals surface area contributed by atoms with Crippen molar-refractivity contribution in [3.63, 3.8) is 0 Å². The van der Waals surface area contributed by atoms with Crippen LogP contribution in [0.3, 0.4) is 0 Å².